The minimum absolute atomic E-state index is 0.941. The van der Waals surface area contributed by atoms with E-state index >= 15 is 0 Å². The molecule has 1 aromatic heterocycles. The summed E-state index contributed by atoms with van der Waals surface area (Å²) in [5.41, 5.74) is 11.2. The average Bonchev–Trinajstić information content (AvgIpc) is 3.61. The van der Waals surface area contributed by atoms with Crippen molar-refractivity contribution in [2.24, 2.45) is 0 Å². The van der Waals surface area contributed by atoms with Gasteiger partial charge in [0.05, 0.1) is 0 Å². The van der Waals surface area contributed by atoms with Crippen LogP contribution in [0.4, 0.5) is 11.4 Å². The van der Waals surface area contributed by atoms with Crippen molar-refractivity contribution in [3.05, 3.63) is 199 Å². The maximum Gasteiger partial charge on any atom is 0.0464 e. The summed E-state index contributed by atoms with van der Waals surface area (Å²) in [5.74, 6) is 0. The summed E-state index contributed by atoms with van der Waals surface area (Å²) in [7, 11) is 0. The van der Waals surface area contributed by atoms with E-state index in [9.17, 15) is 0 Å². The van der Waals surface area contributed by atoms with Crippen LogP contribution in [0.1, 0.15) is 18.4 Å². The molecule has 0 unspecified atom stereocenters. The lowest BCUT2D eigenvalue weighted by Gasteiger charge is -2.30. The van der Waals surface area contributed by atoms with Gasteiger partial charge >= 0.3 is 0 Å². The Morgan fingerprint density at radius 2 is 1.12 bits per heavy atom. The zero-order valence-electron chi connectivity index (χ0n) is 28.7. The highest BCUT2D eigenvalue weighted by molar-refractivity contribution is 7.26. The van der Waals surface area contributed by atoms with Crippen molar-refractivity contribution in [3.8, 4) is 22.3 Å². The van der Waals surface area contributed by atoms with Gasteiger partial charge in [0.15, 0.2) is 0 Å². The monoisotopic (exact) mass is 681 g/mol. The largest absolute Gasteiger partial charge is 0.314 e. The zero-order chi connectivity index (χ0) is 34.4. The smallest absolute Gasteiger partial charge is 0.0464 e. The van der Waals surface area contributed by atoms with E-state index in [1.807, 2.05) is 11.3 Å². The van der Waals surface area contributed by atoms with E-state index in [-0.39, 0.29) is 0 Å². The summed E-state index contributed by atoms with van der Waals surface area (Å²) in [4.78, 5) is 2.45. The molecule has 0 saturated carbocycles. The third kappa shape index (κ3) is 5.40. The molecule has 0 amide bonds. The van der Waals surface area contributed by atoms with Gasteiger partial charge < -0.3 is 4.90 Å². The Hall–Kier alpha value is -6.22. The fourth-order valence-corrected chi connectivity index (χ4v) is 9.12. The molecule has 0 radical (unpaired) electrons. The number of fused-ring (bicyclic) bond motifs is 6. The molecule has 1 aliphatic carbocycles. The normalized spacial score (nSPS) is 13.1. The molecule has 1 aliphatic rings. The Balaban J connectivity index is 1.06. The van der Waals surface area contributed by atoms with Crippen molar-refractivity contribution in [2.45, 2.75) is 12.8 Å². The van der Waals surface area contributed by atoms with Crippen molar-refractivity contribution in [1.29, 1.82) is 0 Å². The molecule has 2 heteroatoms. The first-order valence-electron chi connectivity index (χ1n) is 18.0. The fourth-order valence-electron chi connectivity index (χ4n) is 8.00. The second-order valence-electron chi connectivity index (χ2n) is 13.6. The molecule has 0 bridgehead atoms. The topological polar surface area (TPSA) is 3.24 Å². The van der Waals surface area contributed by atoms with E-state index in [1.165, 1.54) is 86.5 Å². The number of hydrogen-bond acceptors (Lipinski definition) is 2. The molecule has 1 heterocycles. The van der Waals surface area contributed by atoms with Gasteiger partial charge in [-0.15, -0.1) is 11.3 Å². The van der Waals surface area contributed by atoms with Gasteiger partial charge in [-0.25, -0.2) is 0 Å². The van der Waals surface area contributed by atoms with Crippen LogP contribution in [0.15, 0.2) is 194 Å². The third-order valence-corrected chi connectivity index (χ3v) is 11.7. The molecule has 0 saturated heterocycles. The Morgan fingerprint density at radius 3 is 1.98 bits per heavy atom. The number of anilines is 2. The lowest BCUT2D eigenvalue weighted by atomic mass is 9.92. The Labute approximate surface area is 308 Å². The van der Waals surface area contributed by atoms with Gasteiger partial charge in [-0.3, -0.25) is 0 Å². The predicted molar refractivity (Wildman–Crippen MR) is 226 cm³/mol. The lowest BCUT2D eigenvalue weighted by molar-refractivity contribution is 0.930. The first-order valence-corrected chi connectivity index (χ1v) is 18.9. The van der Waals surface area contributed by atoms with Crippen LogP contribution < -0.4 is 4.90 Å². The van der Waals surface area contributed by atoms with Gasteiger partial charge in [-0.05, 0) is 116 Å². The molecular weight excluding hydrogens is 647 g/mol. The quantitative estimate of drug-likeness (QED) is 0.169. The van der Waals surface area contributed by atoms with Gasteiger partial charge in [-0.2, -0.15) is 0 Å². The van der Waals surface area contributed by atoms with E-state index in [0.717, 1.165) is 18.5 Å². The van der Waals surface area contributed by atoms with Gasteiger partial charge in [0.1, 0.15) is 0 Å². The number of rotatable bonds is 6. The molecule has 0 N–H and O–H groups in total. The van der Waals surface area contributed by atoms with Crippen molar-refractivity contribution >= 4 is 70.0 Å². The highest BCUT2D eigenvalue weighted by Gasteiger charge is 2.20. The summed E-state index contributed by atoms with van der Waals surface area (Å²) < 4.78 is 2.70. The predicted octanol–water partition coefficient (Wildman–Crippen LogP) is 14.6. The number of nitrogens with zero attached hydrogens (tertiary/aromatic N) is 1. The number of allylic oxidation sites excluding steroid dienone is 4. The Morgan fingerprint density at radius 1 is 0.404 bits per heavy atom. The maximum absolute atomic E-state index is 2.45. The summed E-state index contributed by atoms with van der Waals surface area (Å²) in [6, 6.07) is 64.4. The number of thiophene rings is 1. The fraction of sp³-hybridized carbons (Fsp3) is 0.0400. The average molecular weight is 682 g/mol. The van der Waals surface area contributed by atoms with Gasteiger partial charge in [0.25, 0.3) is 0 Å². The number of benzene rings is 8. The molecule has 1 nitrogen and oxygen atoms in total. The van der Waals surface area contributed by atoms with Gasteiger partial charge in [0.2, 0.25) is 0 Å². The third-order valence-electron chi connectivity index (χ3n) is 10.6. The number of hydrogen-bond donors (Lipinski definition) is 0. The van der Waals surface area contributed by atoms with Crippen molar-refractivity contribution in [1.82, 2.24) is 0 Å². The molecule has 246 valence electrons. The summed E-state index contributed by atoms with van der Waals surface area (Å²) in [6.07, 6.45) is 6.61. The van der Waals surface area contributed by atoms with Crippen LogP contribution in [-0.2, 0) is 0 Å². The molecular formula is C50H35NS. The van der Waals surface area contributed by atoms with Crippen LogP contribution in [0, 0.1) is 0 Å². The lowest BCUT2D eigenvalue weighted by Crippen LogP contribution is -2.18. The van der Waals surface area contributed by atoms with E-state index < -0.39 is 0 Å². The summed E-state index contributed by atoms with van der Waals surface area (Å²) in [5, 5.41) is 7.91. The molecule has 0 atom stereocenters. The van der Waals surface area contributed by atoms with Crippen LogP contribution >= 0.6 is 11.3 Å². The van der Waals surface area contributed by atoms with E-state index in [4.69, 9.17) is 0 Å². The van der Waals surface area contributed by atoms with Crippen molar-refractivity contribution < 1.29 is 0 Å². The van der Waals surface area contributed by atoms with Gasteiger partial charge in [0, 0.05) is 37.2 Å². The second-order valence-corrected chi connectivity index (χ2v) is 14.7. The summed E-state index contributed by atoms with van der Waals surface area (Å²) >= 11 is 1.89. The molecule has 52 heavy (non-hydrogen) atoms. The SMILES string of the molecule is C1=C(c2ccc3ccc4sc5ccccc5c4c3c2)CCC(N(c2ccc(-c3cccc4ccccc34)cc2)c2cccc(-c3ccccc3)c2)=C1. The molecule has 0 aliphatic heterocycles. The standard InChI is InChI=1S/C50H35NS/c1-2-10-34(11-3-1)39-14-8-15-43(32-39)51(42-29-24-37(25-30-42)45-18-9-13-36-12-4-5-16-44(36)45)41-27-22-35(23-28-41)40-21-20-38-26-31-49-50(47(38)33-40)46-17-6-7-19-48(46)52-49/h1-22,24-27,29-33H,23,28H2. The molecule has 9 aromatic rings. The van der Waals surface area contributed by atoms with Crippen molar-refractivity contribution in [3.63, 3.8) is 0 Å². The van der Waals surface area contributed by atoms with Crippen molar-refractivity contribution in [2.75, 3.05) is 4.90 Å². The van der Waals surface area contributed by atoms with Gasteiger partial charge in [-0.1, -0.05) is 140 Å². The van der Waals surface area contributed by atoms with Crippen LogP contribution in [0.3, 0.4) is 0 Å². The summed E-state index contributed by atoms with van der Waals surface area (Å²) in [6.45, 7) is 0. The van der Waals surface area contributed by atoms with E-state index in [2.05, 4.69) is 193 Å². The van der Waals surface area contributed by atoms with E-state index in [1.54, 1.807) is 0 Å². The van der Waals surface area contributed by atoms with Crippen LogP contribution in [0.5, 0.6) is 0 Å². The van der Waals surface area contributed by atoms with E-state index in [0.29, 0.717) is 0 Å². The first-order chi connectivity index (χ1) is 25.8. The zero-order valence-corrected chi connectivity index (χ0v) is 29.5. The Kier molecular flexibility index (Phi) is 7.55. The molecule has 8 aromatic carbocycles. The minimum atomic E-state index is 0.941. The molecule has 10 rings (SSSR count). The highest BCUT2D eigenvalue weighted by atomic mass is 32.1. The molecule has 0 fully saturated rings. The maximum atomic E-state index is 2.45. The van der Waals surface area contributed by atoms with Crippen LogP contribution in [0.25, 0.3) is 69.5 Å². The Bertz CT molecular complexity index is 2830. The highest BCUT2D eigenvalue weighted by Crippen LogP contribution is 2.42. The van der Waals surface area contributed by atoms with Crippen LogP contribution in [-0.4, -0.2) is 0 Å². The first kappa shape index (κ1) is 30.6. The van der Waals surface area contributed by atoms with Crippen LogP contribution in [0.2, 0.25) is 0 Å². The minimum Gasteiger partial charge on any atom is -0.314 e. The molecule has 0 spiro atoms. The second kappa shape index (κ2) is 12.8.